The Balaban J connectivity index is 2.73. The normalized spacial score (nSPS) is 11.7. The van der Waals surface area contributed by atoms with Gasteiger partial charge in [-0.15, -0.1) is 11.8 Å². The highest BCUT2D eigenvalue weighted by Gasteiger charge is 2.13. The van der Waals surface area contributed by atoms with Crippen molar-refractivity contribution in [1.29, 1.82) is 0 Å². The van der Waals surface area contributed by atoms with Gasteiger partial charge in [0, 0.05) is 24.2 Å². The predicted molar refractivity (Wildman–Crippen MR) is 67.9 cm³/mol. The molecule has 1 aromatic heterocycles. The van der Waals surface area contributed by atoms with Crippen LogP contribution >= 0.6 is 0 Å². The van der Waals surface area contributed by atoms with E-state index in [9.17, 15) is 4.39 Å². The summed E-state index contributed by atoms with van der Waals surface area (Å²) in [6.07, 6.45) is 5.52. The van der Waals surface area contributed by atoms with Crippen molar-refractivity contribution in [1.82, 2.24) is 10.3 Å². The van der Waals surface area contributed by atoms with Gasteiger partial charge >= 0.3 is 0 Å². The fraction of sp³-hybridized carbons (Fsp3) is 0.500. The Morgan fingerprint density at radius 3 is 3.00 bits per heavy atom. The number of nitrogens with one attached hydrogen (secondary N) is 1. The summed E-state index contributed by atoms with van der Waals surface area (Å²) in [6.45, 7) is 4.80. The Morgan fingerprint density at radius 1 is 1.53 bits per heavy atom. The fourth-order valence-corrected chi connectivity index (χ4v) is 1.70. The minimum absolute atomic E-state index is 0.0267. The van der Waals surface area contributed by atoms with Crippen LogP contribution in [0.2, 0.25) is 0 Å². The van der Waals surface area contributed by atoms with Gasteiger partial charge in [0.25, 0.3) is 0 Å². The van der Waals surface area contributed by atoms with Crippen molar-refractivity contribution in [2.24, 2.45) is 0 Å². The molecule has 1 aromatic rings. The summed E-state index contributed by atoms with van der Waals surface area (Å²) in [6, 6.07) is 1.76. The number of hydrogen-bond donors (Lipinski definition) is 1. The van der Waals surface area contributed by atoms with Crippen molar-refractivity contribution in [2.75, 3.05) is 6.54 Å². The second-order valence-electron chi connectivity index (χ2n) is 3.87. The van der Waals surface area contributed by atoms with Gasteiger partial charge in [-0.3, -0.25) is 4.98 Å². The lowest BCUT2D eigenvalue weighted by molar-refractivity contribution is 0.477. The van der Waals surface area contributed by atoms with Crippen molar-refractivity contribution in [3.63, 3.8) is 0 Å². The summed E-state index contributed by atoms with van der Waals surface area (Å²) < 4.78 is 13.6. The van der Waals surface area contributed by atoms with E-state index in [4.69, 9.17) is 0 Å². The minimum Gasteiger partial charge on any atom is -0.310 e. The van der Waals surface area contributed by atoms with Crippen LogP contribution in [0.3, 0.4) is 0 Å². The molecule has 0 spiro atoms. The van der Waals surface area contributed by atoms with Crippen LogP contribution in [0, 0.1) is 17.7 Å². The number of aromatic nitrogens is 1. The zero-order valence-corrected chi connectivity index (χ0v) is 10.5. The van der Waals surface area contributed by atoms with E-state index in [0.29, 0.717) is 5.56 Å². The molecule has 92 valence electrons. The summed E-state index contributed by atoms with van der Waals surface area (Å²) in [5.41, 5.74) is 0.686. The van der Waals surface area contributed by atoms with E-state index in [-0.39, 0.29) is 11.9 Å². The average molecular weight is 234 g/mol. The Labute approximate surface area is 103 Å². The van der Waals surface area contributed by atoms with Crippen LogP contribution in [0.15, 0.2) is 18.5 Å². The van der Waals surface area contributed by atoms with E-state index in [1.807, 2.05) is 6.92 Å². The smallest absolute Gasteiger partial charge is 0.146 e. The molecular formula is C14H19FN2. The van der Waals surface area contributed by atoms with E-state index in [1.165, 1.54) is 6.20 Å². The Kier molecular flexibility index (Phi) is 6.27. The lowest BCUT2D eigenvalue weighted by Crippen LogP contribution is -2.23. The number of hydrogen-bond acceptors (Lipinski definition) is 2. The number of nitrogens with zero attached hydrogens (tertiary/aromatic N) is 1. The third-order valence-corrected chi connectivity index (χ3v) is 2.55. The lowest BCUT2D eigenvalue weighted by Gasteiger charge is -2.18. The van der Waals surface area contributed by atoms with Crippen LogP contribution in [0.5, 0.6) is 0 Å². The van der Waals surface area contributed by atoms with Gasteiger partial charge in [0.2, 0.25) is 0 Å². The second kappa shape index (κ2) is 7.81. The van der Waals surface area contributed by atoms with Crippen LogP contribution in [0.25, 0.3) is 0 Å². The maximum Gasteiger partial charge on any atom is 0.146 e. The standard InChI is InChI=1S/C14H19FN2/c1-3-5-6-7-14(17-9-4-2)12-8-10-16-11-13(12)15/h8,10-11,14,17H,4,6-7,9H2,1-2H3. The third-order valence-electron chi connectivity index (χ3n) is 2.55. The Bertz CT molecular complexity index is 393. The first-order valence-electron chi connectivity index (χ1n) is 6.02. The molecule has 1 N–H and O–H groups in total. The predicted octanol–water partition coefficient (Wildman–Crippen LogP) is 3.06. The molecule has 0 aliphatic carbocycles. The van der Waals surface area contributed by atoms with Crippen molar-refractivity contribution in [3.05, 3.63) is 29.8 Å². The van der Waals surface area contributed by atoms with E-state index < -0.39 is 0 Å². The van der Waals surface area contributed by atoms with Gasteiger partial charge in [0.15, 0.2) is 0 Å². The van der Waals surface area contributed by atoms with Gasteiger partial charge in [-0.1, -0.05) is 6.92 Å². The first-order chi connectivity index (χ1) is 8.29. The molecule has 1 heterocycles. The molecule has 0 aliphatic rings. The monoisotopic (exact) mass is 234 g/mol. The van der Waals surface area contributed by atoms with Crippen LogP contribution in [0.4, 0.5) is 4.39 Å². The van der Waals surface area contributed by atoms with Gasteiger partial charge in [0.1, 0.15) is 5.82 Å². The molecule has 0 saturated carbocycles. The molecule has 0 fully saturated rings. The SMILES string of the molecule is CC#CCCC(NCCC)c1ccncc1F. The highest BCUT2D eigenvalue weighted by molar-refractivity contribution is 5.17. The van der Waals surface area contributed by atoms with Crippen LogP contribution < -0.4 is 5.32 Å². The van der Waals surface area contributed by atoms with Gasteiger partial charge < -0.3 is 5.32 Å². The molecule has 0 aliphatic heterocycles. The molecule has 1 rings (SSSR count). The number of rotatable bonds is 6. The third kappa shape index (κ3) is 4.54. The summed E-state index contributed by atoms with van der Waals surface area (Å²) >= 11 is 0. The van der Waals surface area contributed by atoms with Gasteiger partial charge in [-0.2, -0.15) is 0 Å². The van der Waals surface area contributed by atoms with E-state index in [2.05, 4.69) is 29.1 Å². The fourth-order valence-electron chi connectivity index (χ4n) is 1.70. The van der Waals surface area contributed by atoms with E-state index in [1.54, 1.807) is 12.3 Å². The summed E-state index contributed by atoms with van der Waals surface area (Å²) in [5, 5.41) is 3.35. The number of pyridine rings is 1. The maximum absolute atomic E-state index is 13.6. The van der Waals surface area contributed by atoms with Crippen LogP contribution in [-0.4, -0.2) is 11.5 Å². The molecule has 0 amide bonds. The van der Waals surface area contributed by atoms with Crippen molar-refractivity contribution in [3.8, 4) is 11.8 Å². The van der Waals surface area contributed by atoms with E-state index in [0.717, 1.165) is 25.8 Å². The first kappa shape index (κ1) is 13.7. The zero-order chi connectivity index (χ0) is 12.5. The van der Waals surface area contributed by atoms with Crippen LogP contribution in [-0.2, 0) is 0 Å². The molecule has 1 unspecified atom stereocenters. The molecule has 17 heavy (non-hydrogen) atoms. The largest absolute Gasteiger partial charge is 0.310 e. The number of halogens is 1. The minimum atomic E-state index is -0.245. The molecule has 0 aromatic carbocycles. The van der Waals surface area contributed by atoms with Crippen LogP contribution in [0.1, 0.15) is 44.7 Å². The molecule has 0 saturated heterocycles. The van der Waals surface area contributed by atoms with Crippen molar-refractivity contribution >= 4 is 0 Å². The Morgan fingerprint density at radius 2 is 2.35 bits per heavy atom. The topological polar surface area (TPSA) is 24.9 Å². The molecule has 2 nitrogen and oxygen atoms in total. The zero-order valence-electron chi connectivity index (χ0n) is 10.5. The summed E-state index contributed by atoms with van der Waals surface area (Å²) in [7, 11) is 0. The summed E-state index contributed by atoms with van der Waals surface area (Å²) in [5.74, 6) is 5.63. The van der Waals surface area contributed by atoms with Crippen molar-refractivity contribution < 1.29 is 4.39 Å². The second-order valence-corrected chi connectivity index (χ2v) is 3.87. The molecule has 3 heteroatoms. The van der Waals surface area contributed by atoms with Crippen molar-refractivity contribution in [2.45, 2.75) is 39.2 Å². The molecule has 1 atom stereocenters. The molecular weight excluding hydrogens is 215 g/mol. The van der Waals surface area contributed by atoms with Gasteiger partial charge in [-0.05, 0) is 32.4 Å². The average Bonchev–Trinajstić information content (AvgIpc) is 2.35. The highest BCUT2D eigenvalue weighted by Crippen LogP contribution is 2.20. The first-order valence-corrected chi connectivity index (χ1v) is 6.02. The van der Waals surface area contributed by atoms with Gasteiger partial charge in [0.05, 0.1) is 6.20 Å². The van der Waals surface area contributed by atoms with E-state index >= 15 is 0 Å². The summed E-state index contributed by atoms with van der Waals surface area (Å²) in [4.78, 5) is 3.77. The Hall–Kier alpha value is -1.40. The van der Waals surface area contributed by atoms with Gasteiger partial charge in [-0.25, -0.2) is 4.39 Å². The molecule has 0 radical (unpaired) electrons. The quantitative estimate of drug-likeness (QED) is 0.765. The highest BCUT2D eigenvalue weighted by atomic mass is 19.1. The molecule has 0 bridgehead atoms. The maximum atomic E-state index is 13.6. The lowest BCUT2D eigenvalue weighted by atomic mass is 10.0.